The highest BCUT2D eigenvalue weighted by Crippen LogP contribution is 2.24. The highest BCUT2D eigenvalue weighted by molar-refractivity contribution is 6.28. The Balaban J connectivity index is 1.95. The first-order chi connectivity index (χ1) is 11.1. The third kappa shape index (κ3) is 5.47. The summed E-state index contributed by atoms with van der Waals surface area (Å²) < 4.78 is 19.4. The van der Waals surface area contributed by atoms with Crippen molar-refractivity contribution in [3.63, 3.8) is 0 Å². The van der Waals surface area contributed by atoms with Gasteiger partial charge in [0, 0.05) is 12.1 Å². The Bertz CT molecular complexity index is 606. The van der Waals surface area contributed by atoms with Crippen LogP contribution in [0, 0.1) is 12.7 Å². The Morgan fingerprint density at radius 2 is 1.96 bits per heavy atom. The van der Waals surface area contributed by atoms with E-state index in [9.17, 15) is 9.18 Å². The second-order valence-electron chi connectivity index (χ2n) is 7.09. The molecule has 6 nitrogen and oxygen atoms in total. The van der Waals surface area contributed by atoms with E-state index in [1.54, 1.807) is 6.92 Å². The molecule has 2 rings (SSSR count). The number of hydrogen-bond acceptors (Lipinski definition) is 5. The molecule has 1 heterocycles. The number of amides is 1. The van der Waals surface area contributed by atoms with Crippen LogP contribution in [0.2, 0.25) is 5.28 Å². The van der Waals surface area contributed by atoms with Gasteiger partial charge in [-0.25, -0.2) is 14.2 Å². The van der Waals surface area contributed by atoms with E-state index < -0.39 is 17.5 Å². The monoisotopic (exact) mass is 358 g/mol. The number of aromatic nitrogens is 2. The standard InChI is InChI=1S/C16H24ClFN4O2/c1-9-12(18)13(22-14(17)19-9)20-10-6-5-7-11(8-10)21-15(23)24-16(2,3)4/h10-11H,5-8H2,1-4H3,(H,21,23)(H,19,20,22). The molecule has 1 saturated carbocycles. The van der Waals surface area contributed by atoms with Gasteiger partial charge in [-0.3, -0.25) is 0 Å². The number of halogens is 2. The molecule has 0 saturated heterocycles. The minimum absolute atomic E-state index is 0.00134. The molecule has 1 fully saturated rings. The van der Waals surface area contributed by atoms with Gasteiger partial charge in [0.05, 0.1) is 5.69 Å². The molecule has 1 amide bonds. The summed E-state index contributed by atoms with van der Waals surface area (Å²) in [6.07, 6.45) is 2.88. The first kappa shape index (κ1) is 18.7. The summed E-state index contributed by atoms with van der Waals surface area (Å²) in [5.74, 6) is -0.392. The third-order valence-corrected chi connectivity index (χ3v) is 3.89. The quantitative estimate of drug-likeness (QED) is 0.803. The van der Waals surface area contributed by atoms with E-state index in [0.717, 1.165) is 19.3 Å². The maximum atomic E-state index is 14.1. The van der Waals surface area contributed by atoms with Gasteiger partial charge in [0.2, 0.25) is 5.28 Å². The lowest BCUT2D eigenvalue weighted by atomic mass is 9.91. The van der Waals surface area contributed by atoms with E-state index in [4.69, 9.17) is 16.3 Å². The normalized spacial score (nSPS) is 21.2. The van der Waals surface area contributed by atoms with Crippen LogP contribution in [0.3, 0.4) is 0 Å². The summed E-state index contributed by atoms with van der Waals surface area (Å²) in [5.41, 5.74) is -0.328. The second-order valence-corrected chi connectivity index (χ2v) is 7.43. The van der Waals surface area contributed by atoms with E-state index in [-0.39, 0.29) is 28.9 Å². The average Bonchev–Trinajstić information content (AvgIpc) is 2.42. The van der Waals surface area contributed by atoms with Crippen molar-refractivity contribution < 1.29 is 13.9 Å². The Labute approximate surface area is 146 Å². The lowest BCUT2D eigenvalue weighted by molar-refractivity contribution is 0.0492. The third-order valence-electron chi connectivity index (χ3n) is 3.73. The number of aryl methyl sites for hydroxylation is 1. The van der Waals surface area contributed by atoms with Gasteiger partial charge in [0.15, 0.2) is 11.6 Å². The highest BCUT2D eigenvalue weighted by atomic mass is 35.5. The summed E-state index contributed by atoms with van der Waals surface area (Å²) in [6, 6.07) is -0.0221. The van der Waals surface area contributed by atoms with Crippen molar-refractivity contribution in [2.75, 3.05) is 5.32 Å². The van der Waals surface area contributed by atoms with Gasteiger partial charge in [-0.05, 0) is 65.0 Å². The molecule has 0 bridgehead atoms. The predicted octanol–water partition coefficient (Wildman–Crippen LogP) is 3.83. The molecule has 0 radical (unpaired) electrons. The molecule has 2 unspecified atom stereocenters. The van der Waals surface area contributed by atoms with E-state index in [2.05, 4.69) is 20.6 Å². The van der Waals surface area contributed by atoms with Crippen molar-refractivity contribution in [2.24, 2.45) is 0 Å². The number of rotatable bonds is 3. The summed E-state index contributed by atoms with van der Waals surface area (Å²) in [6.45, 7) is 7.01. The summed E-state index contributed by atoms with van der Waals surface area (Å²) >= 11 is 5.80. The molecule has 1 aromatic rings. The SMILES string of the molecule is Cc1nc(Cl)nc(NC2CCCC(NC(=O)OC(C)(C)C)C2)c1F. The zero-order chi connectivity index (χ0) is 17.9. The zero-order valence-electron chi connectivity index (χ0n) is 14.4. The minimum Gasteiger partial charge on any atom is -0.444 e. The molecular weight excluding hydrogens is 335 g/mol. The van der Waals surface area contributed by atoms with Crippen LogP contribution >= 0.6 is 11.6 Å². The Morgan fingerprint density at radius 1 is 1.29 bits per heavy atom. The molecule has 2 atom stereocenters. The van der Waals surface area contributed by atoms with Crippen molar-refractivity contribution in [3.05, 3.63) is 16.8 Å². The molecule has 0 spiro atoms. The van der Waals surface area contributed by atoms with Gasteiger partial charge >= 0.3 is 6.09 Å². The van der Waals surface area contributed by atoms with Crippen LogP contribution < -0.4 is 10.6 Å². The van der Waals surface area contributed by atoms with Crippen LogP contribution in [0.4, 0.5) is 15.0 Å². The predicted molar refractivity (Wildman–Crippen MR) is 90.8 cm³/mol. The average molecular weight is 359 g/mol. The van der Waals surface area contributed by atoms with Gasteiger partial charge in [-0.15, -0.1) is 0 Å². The Kier molecular flexibility index (Phi) is 5.85. The summed E-state index contributed by atoms with van der Waals surface area (Å²) in [7, 11) is 0. The van der Waals surface area contributed by atoms with Gasteiger partial charge < -0.3 is 15.4 Å². The molecule has 1 aliphatic rings. The number of anilines is 1. The number of hydrogen-bond donors (Lipinski definition) is 2. The van der Waals surface area contributed by atoms with Crippen LogP contribution in [0.5, 0.6) is 0 Å². The fraction of sp³-hybridized carbons (Fsp3) is 0.688. The number of carbonyl (C=O) groups excluding carboxylic acids is 1. The zero-order valence-corrected chi connectivity index (χ0v) is 15.2. The lowest BCUT2D eigenvalue weighted by Crippen LogP contribution is -2.44. The number of nitrogens with zero attached hydrogens (tertiary/aromatic N) is 2. The van der Waals surface area contributed by atoms with Crippen LogP contribution in [-0.4, -0.2) is 33.7 Å². The smallest absolute Gasteiger partial charge is 0.407 e. The van der Waals surface area contributed by atoms with E-state index >= 15 is 0 Å². The van der Waals surface area contributed by atoms with Crippen molar-refractivity contribution in [2.45, 2.75) is 71.1 Å². The summed E-state index contributed by atoms with van der Waals surface area (Å²) in [5, 5.41) is 5.96. The molecule has 2 N–H and O–H groups in total. The highest BCUT2D eigenvalue weighted by Gasteiger charge is 2.26. The van der Waals surface area contributed by atoms with E-state index in [0.29, 0.717) is 6.42 Å². The summed E-state index contributed by atoms with van der Waals surface area (Å²) in [4.78, 5) is 19.6. The van der Waals surface area contributed by atoms with Gasteiger partial charge in [-0.1, -0.05) is 0 Å². The number of ether oxygens (including phenoxy) is 1. The topological polar surface area (TPSA) is 76.1 Å². The van der Waals surface area contributed by atoms with Crippen molar-refractivity contribution in [1.82, 2.24) is 15.3 Å². The van der Waals surface area contributed by atoms with Crippen molar-refractivity contribution in [1.29, 1.82) is 0 Å². The van der Waals surface area contributed by atoms with Crippen molar-refractivity contribution >= 4 is 23.5 Å². The lowest BCUT2D eigenvalue weighted by Gasteiger charge is -2.31. The molecule has 134 valence electrons. The molecule has 8 heteroatoms. The van der Waals surface area contributed by atoms with Crippen LogP contribution in [-0.2, 0) is 4.74 Å². The minimum atomic E-state index is -0.533. The second kappa shape index (κ2) is 7.51. The maximum Gasteiger partial charge on any atom is 0.407 e. The number of nitrogens with one attached hydrogen (secondary N) is 2. The van der Waals surface area contributed by atoms with Crippen LogP contribution in [0.15, 0.2) is 0 Å². The van der Waals surface area contributed by atoms with E-state index in [1.165, 1.54) is 0 Å². The van der Waals surface area contributed by atoms with Gasteiger partial charge in [-0.2, -0.15) is 4.98 Å². The van der Waals surface area contributed by atoms with Crippen molar-refractivity contribution in [3.8, 4) is 0 Å². The fourth-order valence-corrected chi connectivity index (χ4v) is 2.95. The van der Waals surface area contributed by atoms with Crippen LogP contribution in [0.1, 0.15) is 52.1 Å². The number of carbonyl (C=O) groups is 1. The Morgan fingerprint density at radius 3 is 2.62 bits per heavy atom. The Hall–Kier alpha value is -1.63. The fourth-order valence-electron chi connectivity index (χ4n) is 2.74. The molecule has 1 aliphatic carbocycles. The van der Waals surface area contributed by atoms with Gasteiger partial charge in [0.1, 0.15) is 5.60 Å². The molecular formula is C16H24ClFN4O2. The maximum absolute atomic E-state index is 14.1. The van der Waals surface area contributed by atoms with Gasteiger partial charge in [0.25, 0.3) is 0 Å². The molecule has 1 aromatic heterocycles. The molecule has 0 aliphatic heterocycles. The molecule has 0 aromatic carbocycles. The van der Waals surface area contributed by atoms with Crippen LogP contribution in [0.25, 0.3) is 0 Å². The number of alkyl carbamates (subject to hydrolysis) is 1. The molecule has 24 heavy (non-hydrogen) atoms. The first-order valence-electron chi connectivity index (χ1n) is 8.10. The first-order valence-corrected chi connectivity index (χ1v) is 8.47. The van der Waals surface area contributed by atoms with E-state index in [1.807, 2.05) is 20.8 Å². The largest absolute Gasteiger partial charge is 0.444 e.